The van der Waals surface area contributed by atoms with Gasteiger partial charge in [-0.25, -0.2) is 14.6 Å². The van der Waals surface area contributed by atoms with E-state index in [1.54, 1.807) is 6.33 Å². The SMILES string of the molecule is CCCc1[nH]cnc1CCC(=O)c1cn(C)c2ccccc12.O=C(O)C=CC(=O)O. The van der Waals surface area contributed by atoms with Crippen molar-refractivity contribution in [3.8, 4) is 0 Å². The number of aryl methyl sites for hydroxylation is 3. The molecule has 0 aliphatic carbocycles. The maximum Gasteiger partial charge on any atom is 0.328 e. The first kappa shape index (κ1) is 22.6. The summed E-state index contributed by atoms with van der Waals surface area (Å²) in [5, 5.41) is 16.7. The molecule has 0 amide bonds. The van der Waals surface area contributed by atoms with Crippen molar-refractivity contribution in [2.45, 2.75) is 32.6 Å². The number of aromatic amines is 1. The number of nitrogens with zero attached hydrogens (tertiary/aromatic N) is 2. The fourth-order valence-corrected chi connectivity index (χ4v) is 3.10. The molecule has 3 N–H and O–H groups in total. The van der Waals surface area contributed by atoms with Crippen molar-refractivity contribution in [2.24, 2.45) is 7.05 Å². The second-order valence-electron chi connectivity index (χ2n) is 6.68. The number of carbonyl (C=O) groups is 3. The molecule has 0 saturated carbocycles. The van der Waals surface area contributed by atoms with Gasteiger partial charge in [-0.15, -0.1) is 0 Å². The smallest absolute Gasteiger partial charge is 0.328 e. The first-order valence-electron chi connectivity index (χ1n) is 9.55. The van der Waals surface area contributed by atoms with Gasteiger partial charge >= 0.3 is 11.9 Å². The molecule has 1 aromatic carbocycles. The Bertz CT molecular complexity index is 1050. The highest BCUT2D eigenvalue weighted by molar-refractivity contribution is 6.08. The van der Waals surface area contributed by atoms with Crippen LogP contribution in [-0.4, -0.2) is 42.5 Å². The average molecular weight is 411 g/mol. The van der Waals surface area contributed by atoms with Crippen LogP contribution in [0.2, 0.25) is 0 Å². The lowest BCUT2D eigenvalue weighted by Gasteiger charge is -2.01. The molecule has 0 atom stereocenters. The zero-order valence-electron chi connectivity index (χ0n) is 17.0. The number of imidazole rings is 1. The van der Waals surface area contributed by atoms with Gasteiger partial charge < -0.3 is 19.8 Å². The van der Waals surface area contributed by atoms with Crippen LogP contribution >= 0.6 is 0 Å². The van der Waals surface area contributed by atoms with Crippen LogP contribution in [0.5, 0.6) is 0 Å². The fraction of sp³-hybridized carbons (Fsp3) is 0.273. The van der Waals surface area contributed by atoms with E-state index in [0.717, 1.165) is 40.7 Å². The van der Waals surface area contributed by atoms with Crippen molar-refractivity contribution >= 4 is 28.6 Å². The van der Waals surface area contributed by atoms with Crippen molar-refractivity contribution in [1.29, 1.82) is 0 Å². The van der Waals surface area contributed by atoms with Gasteiger partial charge in [0.2, 0.25) is 0 Å². The summed E-state index contributed by atoms with van der Waals surface area (Å²) in [5.41, 5.74) is 4.09. The van der Waals surface area contributed by atoms with E-state index in [-0.39, 0.29) is 5.78 Å². The summed E-state index contributed by atoms with van der Waals surface area (Å²) in [6.07, 6.45) is 8.03. The third-order valence-electron chi connectivity index (χ3n) is 4.46. The number of para-hydroxylation sites is 1. The van der Waals surface area contributed by atoms with Crippen LogP contribution in [0.1, 0.15) is 41.5 Å². The topological polar surface area (TPSA) is 125 Å². The molecule has 8 heteroatoms. The molecule has 30 heavy (non-hydrogen) atoms. The molecule has 158 valence electrons. The van der Waals surface area contributed by atoms with Gasteiger partial charge in [0.15, 0.2) is 5.78 Å². The summed E-state index contributed by atoms with van der Waals surface area (Å²) >= 11 is 0. The minimum Gasteiger partial charge on any atom is -0.478 e. The standard InChI is InChI=1S/C18H21N3O.C4H4O4/c1-3-6-15-16(20-12-19-15)9-10-18(22)14-11-21(2)17-8-5-4-7-13(14)17;5-3(6)1-2-4(7)8/h4-5,7-8,11-12H,3,6,9-10H2,1-2H3,(H,19,20);1-2H,(H,5,6)(H,7,8). The Morgan fingerprint density at radius 2 is 1.77 bits per heavy atom. The van der Waals surface area contributed by atoms with Crippen LogP contribution in [0.25, 0.3) is 10.9 Å². The number of rotatable bonds is 8. The van der Waals surface area contributed by atoms with Crippen molar-refractivity contribution in [1.82, 2.24) is 14.5 Å². The summed E-state index contributed by atoms with van der Waals surface area (Å²) < 4.78 is 2.01. The Kier molecular flexibility index (Phi) is 8.10. The largest absolute Gasteiger partial charge is 0.478 e. The maximum absolute atomic E-state index is 12.6. The van der Waals surface area contributed by atoms with Crippen LogP contribution in [0.3, 0.4) is 0 Å². The monoisotopic (exact) mass is 411 g/mol. The van der Waals surface area contributed by atoms with Crippen molar-refractivity contribution in [3.63, 3.8) is 0 Å². The Labute approximate surface area is 173 Å². The summed E-state index contributed by atoms with van der Waals surface area (Å²) in [7, 11) is 1.98. The summed E-state index contributed by atoms with van der Waals surface area (Å²) in [4.78, 5) is 39.2. The van der Waals surface area contributed by atoms with Crippen molar-refractivity contribution in [3.05, 3.63) is 65.9 Å². The summed E-state index contributed by atoms with van der Waals surface area (Å²) in [6.45, 7) is 2.14. The molecule has 2 heterocycles. The lowest BCUT2D eigenvalue weighted by Crippen LogP contribution is -2.02. The first-order chi connectivity index (χ1) is 14.3. The van der Waals surface area contributed by atoms with E-state index >= 15 is 0 Å². The zero-order chi connectivity index (χ0) is 22.1. The molecule has 2 aromatic heterocycles. The van der Waals surface area contributed by atoms with Gasteiger partial charge in [0.1, 0.15) is 0 Å². The Morgan fingerprint density at radius 3 is 2.40 bits per heavy atom. The lowest BCUT2D eigenvalue weighted by molar-refractivity contribution is -0.134. The van der Waals surface area contributed by atoms with Gasteiger partial charge in [0.05, 0.1) is 12.0 Å². The molecule has 0 unspecified atom stereocenters. The second kappa shape index (κ2) is 10.8. The van der Waals surface area contributed by atoms with Gasteiger partial charge in [-0.2, -0.15) is 0 Å². The highest BCUT2D eigenvalue weighted by Gasteiger charge is 2.15. The van der Waals surface area contributed by atoms with E-state index < -0.39 is 11.9 Å². The Hall–Kier alpha value is -3.68. The summed E-state index contributed by atoms with van der Waals surface area (Å²) in [5.74, 6) is -2.33. The Balaban J connectivity index is 0.000000343. The number of fused-ring (bicyclic) bond motifs is 1. The first-order valence-corrected chi connectivity index (χ1v) is 9.55. The van der Waals surface area contributed by atoms with Crippen molar-refractivity contribution < 1.29 is 24.6 Å². The number of H-pyrrole nitrogens is 1. The Morgan fingerprint density at radius 1 is 1.10 bits per heavy atom. The second-order valence-corrected chi connectivity index (χ2v) is 6.68. The van der Waals surface area contributed by atoms with Gasteiger partial charge in [-0.1, -0.05) is 31.5 Å². The highest BCUT2D eigenvalue weighted by atomic mass is 16.4. The zero-order valence-corrected chi connectivity index (χ0v) is 17.0. The van der Waals surface area contributed by atoms with Gasteiger partial charge in [0.25, 0.3) is 0 Å². The average Bonchev–Trinajstić information content (AvgIpc) is 3.30. The molecule has 3 aromatic rings. The molecule has 0 spiro atoms. The molecule has 0 saturated heterocycles. The van der Waals surface area contributed by atoms with Crippen LogP contribution < -0.4 is 0 Å². The molecule has 8 nitrogen and oxygen atoms in total. The van der Waals surface area contributed by atoms with E-state index in [4.69, 9.17) is 10.2 Å². The third kappa shape index (κ3) is 6.16. The quantitative estimate of drug-likeness (QED) is 0.385. The normalized spacial score (nSPS) is 10.7. The number of carboxylic acids is 2. The maximum atomic E-state index is 12.6. The van der Waals surface area contributed by atoms with E-state index in [1.807, 2.05) is 42.1 Å². The molecule has 0 aliphatic heterocycles. The van der Waals surface area contributed by atoms with Crippen LogP contribution in [0.15, 0.2) is 48.9 Å². The minimum absolute atomic E-state index is 0.183. The third-order valence-corrected chi connectivity index (χ3v) is 4.46. The van der Waals surface area contributed by atoms with Gasteiger partial charge in [-0.05, 0) is 18.9 Å². The minimum atomic E-state index is -1.26. The molecular weight excluding hydrogens is 386 g/mol. The van der Waals surface area contributed by atoms with Gasteiger partial charge in [0, 0.05) is 54.0 Å². The fourth-order valence-electron chi connectivity index (χ4n) is 3.10. The molecule has 0 fully saturated rings. The molecule has 0 radical (unpaired) electrons. The number of aliphatic carboxylic acids is 2. The number of nitrogens with one attached hydrogen (secondary N) is 1. The van der Waals surface area contributed by atoms with Gasteiger partial charge in [-0.3, -0.25) is 4.79 Å². The predicted molar refractivity (Wildman–Crippen MR) is 113 cm³/mol. The van der Waals surface area contributed by atoms with Crippen molar-refractivity contribution in [2.75, 3.05) is 0 Å². The number of ketones is 1. The van der Waals surface area contributed by atoms with Crippen LogP contribution in [0.4, 0.5) is 0 Å². The number of carbonyl (C=O) groups excluding carboxylic acids is 1. The number of benzene rings is 1. The number of hydrogen-bond acceptors (Lipinski definition) is 4. The van der Waals surface area contributed by atoms with E-state index in [1.165, 1.54) is 0 Å². The van der Waals surface area contributed by atoms with Crippen LogP contribution in [-0.2, 0) is 29.5 Å². The predicted octanol–water partition coefficient (Wildman–Crippen LogP) is 3.38. The van der Waals surface area contributed by atoms with E-state index in [9.17, 15) is 14.4 Å². The highest BCUT2D eigenvalue weighted by Crippen LogP contribution is 2.22. The molecule has 0 aliphatic rings. The summed E-state index contributed by atoms with van der Waals surface area (Å²) in [6, 6.07) is 8.03. The lowest BCUT2D eigenvalue weighted by atomic mass is 10.0. The number of Topliss-reactive ketones (excluding diaryl/α,β-unsaturated/α-hetero) is 1. The van der Waals surface area contributed by atoms with Crippen LogP contribution in [0, 0.1) is 0 Å². The number of hydrogen-bond donors (Lipinski definition) is 3. The number of carboxylic acid groups (broad SMARTS) is 2. The number of aromatic nitrogens is 3. The molecule has 3 rings (SSSR count). The molecule has 0 bridgehead atoms. The molecular formula is C22H25N3O5. The van der Waals surface area contributed by atoms with E-state index in [2.05, 4.69) is 16.9 Å². The van der Waals surface area contributed by atoms with E-state index in [0.29, 0.717) is 25.0 Å².